The van der Waals surface area contributed by atoms with E-state index in [2.05, 4.69) is 5.32 Å². The van der Waals surface area contributed by atoms with Crippen LogP contribution in [0.2, 0.25) is 0 Å². The summed E-state index contributed by atoms with van der Waals surface area (Å²) in [6, 6.07) is 10.2. The van der Waals surface area contributed by atoms with Crippen LogP contribution >= 0.6 is 0 Å². The zero-order chi connectivity index (χ0) is 9.10. The largest absolute Gasteiger partial charge is 0.447 e. The maximum absolute atomic E-state index is 10.7. The molecule has 2 rings (SSSR count). The van der Waals surface area contributed by atoms with Crippen molar-refractivity contribution in [3.63, 3.8) is 0 Å². The number of cyclic esters (lactones) is 1. The molecule has 1 aliphatic heterocycles. The topological polar surface area (TPSA) is 38.3 Å². The molecule has 14 heavy (non-hydrogen) atoms. The predicted octanol–water partition coefficient (Wildman–Crippen LogP) is 0.957. The minimum absolute atomic E-state index is 0. The zero-order valence-electron chi connectivity index (χ0n) is 8.19. The van der Waals surface area contributed by atoms with Crippen molar-refractivity contribution in [2.24, 2.45) is 0 Å². The van der Waals surface area contributed by atoms with Crippen molar-refractivity contribution in [1.29, 1.82) is 0 Å². The minimum Gasteiger partial charge on any atom is -0.447 e. The summed E-state index contributed by atoms with van der Waals surface area (Å²) in [5.41, 5.74) is 1.22. The van der Waals surface area contributed by atoms with Gasteiger partial charge in [-0.1, -0.05) is 30.3 Å². The van der Waals surface area contributed by atoms with Crippen LogP contribution in [0.25, 0.3) is 0 Å². The van der Waals surface area contributed by atoms with Crippen molar-refractivity contribution in [2.75, 3.05) is 6.61 Å². The molecular formula is C10H11LiNO2. The SMILES string of the molecule is O=C1N[C@@H](Cc2ccccc2)CO1.[Li]. The summed E-state index contributed by atoms with van der Waals surface area (Å²) in [5, 5.41) is 2.74. The maximum atomic E-state index is 10.7. The van der Waals surface area contributed by atoms with Gasteiger partial charge >= 0.3 is 6.09 Å². The Labute approximate surface area is 95.0 Å². The fourth-order valence-corrected chi connectivity index (χ4v) is 1.43. The Bertz CT molecular complexity index is 302. The van der Waals surface area contributed by atoms with Crippen LogP contribution in [0.15, 0.2) is 30.3 Å². The van der Waals surface area contributed by atoms with Crippen LogP contribution in [0, 0.1) is 0 Å². The van der Waals surface area contributed by atoms with Crippen LogP contribution in [0.3, 0.4) is 0 Å². The number of carbonyl (C=O) groups is 1. The quantitative estimate of drug-likeness (QED) is 0.695. The first-order valence-electron chi connectivity index (χ1n) is 4.32. The normalized spacial score (nSPS) is 19.4. The van der Waals surface area contributed by atoms with Crippen LogP contribution in [0.1, 0.15) is 5.56 Å². The molecule has 69 valence electrons. The van der Waals surface area contributed by atoms with E-state index in [0.717, 1.165) is 6.42 Å². The molecule has 4 heteroatoms. The van der Waals surface area contributed by atoms with Gasteiger partial charge in [-0.05, 0) is 12.0 Å². The molecule has 3 nitrogen and oxygen atoms in total. The Morgan fingerprint density at radius 2 is 2.07 bits per heavy atom. The Kier molecular flexibility index (Phi) is 4.06. The maximum Gasteiger partial charge on any atom is 0.407 e. The summed E-state index contributed by atoms with van der Waals surface area (Å²) in [7, 11) is 0. The van der Waals surface area contributed by atoms with Crippen molar-refractivity contribution in [3.05, 3.63) is 35.9 Å². The number of rotatable bonds is 2. The van der Waals surface area contributed by atoms with Gasteiger partial charge < -0.3 is 10.1 Å². The molecule has 0 aromatic heterocycles. The molecule has 0 unspecified atom stereocenters. The van der Waals surface area contributed by atoms with Gasteiger partial charge in [0.25, 0.3) is 0 Å². The molecule has 0 aliphatic carbocycles. The van der Waals surface area contributed by atoms with Crippen LogP contribution < -0.4 is 5.32 Å². The second-order valence-corrected chi connectivity index (χ2v) is 3.13. The zero-order valence-corrected chi connectivity index (χ0v) is 8.19. The van der Waals surface area contributed by atoms with Gasteiger partial charge in [-0.3, -0.25) is 0 Å². The van der Waals surface area contributed by atoms with Crippen LogP contribution in [0.5, 0.6) is 0 Å². The van der Waals surface area contributed by atoms with Gasteiger partial charge in [-0.15, -0.1) is 0 Å². The van der Waals surface area contributed by atoms with Gasteiger partial charge in [0.05, 0.1) is 6.04 Å². The molecule has 1 aliphatic rings. The van der Waals surface area contributed by atoms with Gasteiger partial charge in [0.2, 0.25) is 0 Å². The number of carbonyl (C=O) groups excluding carboxylic acids is 1. The summed E-state index contributed by atoms with van der Waals surface area (Å²) in [6.45, 7) is 0.480. The molecule has 1 aromatic rings. The van der Waals surface area contributed by atoms with E-state index in [4.69, 9.17) is 4.74 Å². The Hall–Kier alpha value is -0.913. The van der Waals surface area contributed by atoms with E-state index >= 15 is 0 Å². The van der Waals surface area contributed by atoms with Gasteiger partial charge in [-0.2, -0.15) is 0 Å². The first-order chi connectivity index (χ1) is 6.34. The van der Waals surface area contributed by atoms with E-state index in [1.165, 1.54) is 5.56 Å². The molecule has 0 saturated carbocycles. The number of ether oxygens (including phenoxy) is 1. The van der Waals surface area contributed by atoms with E-state index in [9.17, 15) is 4.79 Å². The molecule has 1 atom stereocenters. The standard InChI is InChI=1S/C10H11NO2.Li/c12-10-11-9(7-13-10)6-8-4-2-1-3-5-8;/h1-5,9H,6-7H2,(H,11,12);/t9-;/m0./s1. The van der Waals surface area contributed by atoms with Crippen LogP contribution in [0.4, 0.5) is 4.79 Å². The number of hydrogen-bond donors (Lipinski definition) is 1. The van der Waals surface area contributed by atoms with Crippen LogP contribution in [-0.4, -0.2) is 37.6 Å². The van der Waals surface area contributed by atoms with E-state index in [1.807, 2.05) is 30.3 Å². The average Bonchev–Trinajstić information content (AvgIpc) is 2.53. The van der Waals surface area contributed by atoms with E-state index in [0.29, 0.717) is 6.61 Å². The van der Waals surface area contributed by atoms with Crippen molar-refractivity contribution >= 4 is 25.0 Å². The third-order valence-electron chi connectivity index (χ3n) is 2.06. The summed E-state index contributed by atoms with van der Waals surface area (Å²) < 4.78 is 4.79. The minimum atomic E-state index is -0.305. The molecule has 1 radical (unpaired) electrons. The van der Waals surface area contributed by atoms with Gasteiger partial charge in [-0.25, -0.2) is 4.79 Å². The first kappa shape index (κ1) is 11.2. The summed E-state index contributed by atoms with van der Waals surface area (Å²) in [4.78, 5) is 10.7. The third-order valence-corrected chi connectivity index (χ3v) is 2.06. The Balaban J connectivity index is 0.000000980. The number of hydrogen-bond acceptors (Lipinski definition) is 2. The summed E-state index contributed by atoms with van der Waals surface area (Å²) in [6.07, 6.45) is 0.535. The molecular weight excluding hydrogens is 173 g/mol. The van der Waals surface area contributed by atoms with Gasteiger partial charge in [0, 0.05) is 18.9 Å². The molecule has 1 N–H and O–H groups in total. The van der Waals surface area contributed by atoms with Crippen molar-refractivity contribution in [2.45, 2.75) is 12.5 Å². The second kappa shape index (κ2) is 5.09. The van der Waals surface area contributed by atoms with Crippen molar-refractivity contribution in [1.82, 2.24) is 5.32 Å². The number of amides is 1. The summed E-state index contributed by atoms with van der Waals surface area (Å²) in [5.74, 6) is 0. The molecule has 1 amide bonds. The second-order valence-electron chi connectivity index (χ2n) is 3.13. The fourth-order valence-electron chi connectivity index (χ4n) is 1.43. The Morgan fingerprint density at radius 1 is 1.36 bits per heavy atom. The van der Waals surface area contributed by atoms with Crippen molar-refractivity contribution in [3.8, 4) is 0 Å². The molecule has 0 spiro atoms. The fraction of sp³-hybridized carbons (Fsp3) is 0.300. The number of nitrogens with one attached hydrogen (secondary N) is 1. The predicted molar refractivity (Wildman–Crippen MR) is 54.2 cm³/mol. The molecule has 1 aromatic carbocycles. The number of benzene rings is 1. The third kappa shape index (κ3) is 2.80. The van der Waals surface area contributed by atoms with Crippen molar-refractivity contribution < 1.29 is 9.53 Å². The smallest absolute Gasteiger partial charge is 0.407 e. The monoisotopic (exact) mass is 184 g/mol. The van der Waals surface area contributed by atoms with Gasteiger partial charge in [0.15, 0.2) is 0 Å². The first-order valence-corrected chi connectivity index (χ1v) is 4.32. The summed E-state index contributed by atoms with van der Waals surface area (Å²) >= 11 is 0. The van der Waals surface area contributed by atoms with Crippen LogP contribution in [-0.2, 0) is 11.2 Å². The molecule has 1 fully saturated rings. The molecule has 1 heterocycles. The number of alkyl carbamates (subject to hydrolysis) is 1. The van der Waals surface area contributed by atoms with Gasteiger partial charge in [0.1, 0.15) is 6.61 Å². The van der Waals surface area contributed by atoms with E-state index in [1.54, 1.807) is 0 Å². The van der Waals surface area contributed by atoms with E-state index < -0.39 is 0 Å². The average molecular weight is 184 g/mol. The Morgan fingerprint density at radius 3 is 2.64 bits per heavy atom. The molecule has 1 saturated heterocycles. The molecule has 0 bridgehead atoms. The van der Waals surface area contributed by atoms with E-state index in [-0.39, 0.29) is 31.0 Å².